The first-order valence-electron chi connectivity index (χ1n) is 17.7. The van der Waals surface area contributed by atoms with E-state index in [0.29, 0.717) is 24.3 Å². The van der Waals surface area contributed by atoms with E-state index in [9.17, 15) is 9.59 Å². The molecular weight excluding hydrogens is 671 g/mol. The third-order valence-corrected chi connectivity index (χ3v) is 14.0. The Balaban J connectivity index is 0.993. The maximum absolute atomic E-state index is 13.7. The number of aryl methyl sites for hydroxylation is 2. The number of rotatable bonds is 19. The number of carbonyl (C=O) groups excluding carboxylic acids is 2. The molecule has 254 valence electrons. The van der Waals surface area contributed by atoms with Gasteiger partial charge in [0.25, 0.3) is 11.8 Å². The number of hydrogen-bond acceptors (Lipinski definition) is 7. The van der Waals surface area contributed by atoms with Gasteiger partial charge in [-0.2, -0.15) is 0 Å². The zero-order valence-electron chi connectivity index (χ0n) is 28.5. The maximum Gasteiger partial charge on any atom is 0.262 e. The van der Waals surface area contributed by atoms with Gasteiger partial charge < -0.3 is 4.74 Å². The van der Waals surface area contributed by atoms with Crippen LogP contribution in [-0.2, 0) is 4.74 Å². The van der Waals surface area contributed by atoms with Gasteiger partial charge >= 0.3 is 0 Å². The molecule has 0 saturated heterocycles. The first-order valence-corrected chi connectivity index (χ1v) is 21.0. The number of fused-ring (bicyclic) bond motifs is 2. The summed E-state index contributed by atoms with van der Waals surface area (Å²) in [7, 11) is 0. The van der Waals surface area contributed by atoms with Crippen molar-refractivity contribution in [2.75, 3.05) is 19.8 Å². The van der Waals surface area contributed by atoms with Gasteiger partial charge in [-0.1, -0.05) is 76.8 Å². The van der Waals surface area contributed by atoms with Gasteiger partial charge in [0.2, 0.25) is 0 Å². The quantitative estimate of drug-likeness (QED) is 0.0631. The van der Waals surface area contributed by atoms with Gasteiger partial charge in [-0.25, -0.2) is 0 Å². The molecule has 4 aromatic heterocycles. The number of unbranched alkanes of at least 4 members (excludes halogenated alkanes) is 10. The van der Waals surface area contributed by atoms with Crippen molar-refractivity contribution in [2.24, 2.45) is 0 Å². The molecule has 2 amide bonds. The van der Waals surface area contributed by atoms with Crippen molar-refractivity contribution >= 4 is 66.6 Å². The fourth-order valence-electron chi connectivity index (χ4n) is 6.50. The van der Waals surface area contributed by atoms with Gasteiger partial charge in [0, 0.05) is 64.0 Å². The van der Waals surface area contributed by atoms with Crippen LogP contribution in [0.4, 0.5) is 0 Å². The molecule has 0 aliphatic carbocycles. The number of thiophene rings is 4. The number of imide groups is 1. The summed E-state index contributed by atoms with van der Waals surface area (Å²) in [6.45, 7) is 8.26. The van der Waals surface area contributed by atoms with E-state index in [4.69, 9.17) is 4.74 Å². The lowest BCUT2D eigenvalue weighted by Crippen LogP contribution is -2.31. The highest BCUT2D eigenvalue weighted by molar-refractivity contribution is 7.33. The summed E-state index contributed by atoms with van der Waals surface area (Å²) in [6, 6.07) is 17.3. The predicted molar refractivity (Wildman–Crippen MR) is 209 cm³/mol. The van der Waals surface area contributed by atoms with E-state index in [2.05, 4.69) is 50.2 Å². The van der Waals surface area contributed by atoms with Crippen LogP contribution in [0.5, 0.6) is 0 Å². The molecule has 0 unspecified atom stereocenters. The van der Waals surface area contributed by atoms with Crippen molar-refractivity contribution in [1.29, 1.82) is 0 Å². The molecule has 6 rings (SSSR count). The summed E-state index contributed by atoms with van der Waals surface area (Å²) in [4.78, 5) is 36.1. The van der Waals surface area contributed by atoms with Crippen molar-refractivity contribution in [3.05, 3.63) is 70.1 Å². The zero-order valence-corrected chi connectivity index (χ0v) is 31.8. The third-order valence-electron chi connectivity index (χ3n) is 9.20. The predicted octanol–water partition coefficient (Wildman–Crippen LogP) is 13.0. The molecule has 4 nitrogen and oxygen atoms in total. The Labute approximate surface area is 301 Å². The second kappa shape index (κ2) is 16.9. The second-order valence-corrected chi connectivity index (χ2v) is 17.5. The molecule has 5 aromatic rings. The third kappa shape index (κ3) is 8.22. The van der Waals surface area contributed by atoms with Crippen molar-refractivity contribution in [1.82, 2.24) is 4.90 Å². The Morgan fingerprint density at radius 2 is 1.12 bits per heavy atom. The van der Waals surface area contributed by atoms with Crippen LogP contribution in [0.15, 0.2) is 48.5 Å². The Morgan fingerprint density at radius 3 is 1.77 bits per heavy atom. The van der Waals surface area contributed by atoms with E-state index in [0.717, 1.165) is 41.9 Å². The summed E-state index contributed by atoms with van der Waals surface area (Å²) in [5, 5.41) is 0. The molecule has 1 aromatic carbocycles. The number of hydrogen-bond donors (Lipinski definition) is 0. The molecule has 1 aliphatic rings. The molecule has 0 radical (unpaired) electrons. The van der Waals surface area contributed by atoms with Crippen LogP contribution >= 0.6 is 45.3 Å². The molecule has 5 heterocycles. The Kier molecular flexibility index (Phi) is 12.4. The highest BCUT2D eigenvalue weighted by Gasteiger charge is 2.38. The minimum absolute atomic E-state index is 0.160. The van der Waals surface area contributed by atoms with E-state index in [-0.39, 0.29) is 11.8 Å². The fourth-order valence-corrected chi connectivity index (χ4v) is 11.0. The molecule has 0 spiro atoms. The molecule has 0 atom stereocenters. The number of nitrogens with zero attached hydrogens (tertiary/aromatic N) is 1. The minimum atomic E-state index is -0.164. The summed E-state index contributed by atoms with van der Waals surface area (Å²) in [5.41, 5.74) is 2.86. The van der Waals surface area contributed by atoms with Crippen LogP contribution in [-0.4, -0.2) is 36.5 Å². The van der Waals surface area contributed by atoms with E-state index in [1.165, 1.54) is 96.5 Å². The molecule has 48 heavy (non-hydrogen) atoms. The van der Waals surface area contributed by atoms with Crippen molar-refractivity contribution < 1.29 is 14.3 Å². The number of carbonyl (C=O) groups is 2. The highest BCUT2D eigenvalue weighted by atomic mass is 32.1. The summed E-state index contributed by atoms with van der Waals surface area (Å²) in [5.74, 6) is -0.324. The van der Waals surface area contributed by atoms with Crippen LogP contribution in [0.3, 0.4) is 0 Å². The lowest BCUT2D eigenvalue weighted by molar-refractivity contribution is 0.0642. The monoisotopic (exact) mass is 717 g/mol. The molecule has 0 bridgehead atoms. The minimum Gasteiger partial charge on any atom is -0.381 e. The molecule has 8 heteroatoms. The van der Waals surface area contributed by atoms with E-state index in [1.807, 2.05) is 53.1 Å². The molecule has 0 saturated carbocycles. The average molecular weight is 718 g/mol. The van der Waals surface area contributed by atoms with Gasteiger partial charge in [-0.3, -0.25) is 14.5 Å². The summed E-state index contributed by atoms with van der Waals surface area (Å²) >= 11 is 7.21. The van der Waals surface area contributed by atoms with Crippen LogP contribution in [0.1, 0.15) is 115 Å². The molecule has 0 N–H and O–H groups in total. The topological polar surface area (TPSA) is 46.6 Å². The molecular formula is C40H47NO3S4. The van der Waals surface area contributed by atoms with Crippen LogP contribution < -0.4 is 0 Å². The van der Waals surface area contributed by atoms with Crippen molar-refractivity contribution in [3.8, 4) is 29.9 Å². The second-order valence-electron chi connectivity index (χ2n) is 13.0. The number of amides is 2. The standard InChI is InChI=1S/C40H47NO3S4/c1-4-5-6-7-8-9-10-11-12-14-23-44-24-15-13-22-41-39(42)37-27(2)16-18-29(38(37)40(41)43)30-20-21-32(46-30)34-26-36-35(48-34)25-33(47-36)31-19-17-28(3)45-31/h16-21,25-26H,4-15,22-24H2,1-3H3. The first-order chi connectivity index (χ1) is 23.4. The smallest absolute Gasteiger partial charge is 0.262 e. The van der Waals surface area contributed by atoms with E-state index >= 15 is 0 Å². The SMILES string of the molecule is CCCCCCCCCCCCOCCCCN1C(=O)c2c(C)ccc(-c3ccc(-c4cc5sc(-c6ccc(C)s6)cc5s4)s3)c2C1=O. The lowest BCUT2D eigenvalue weighted by atomic mass is 9.97. The van der Waals surface area contributed by atoms with Gasteiger partial charge in [0.05, 0.1) is 11.1 Å². The van der Waals surface area contributed by atoms with Gasteiger partial charge in [-0.05, 0) is 75.1 Å². The fraction of sp³-hybridized carbons (Fsp3) is 0.450. The van der Waals surface area contributed by atoms with Gasteiger partial charge in [-0.15, -0.1) is 45.3 Å². The Morgan fingerprint density at radius 1 is 0.562 bits per heavy atom. The first kappa shape index (κ1) is 35.2. The zero-order chi connectivity index (χ0) is 33.5. The number of benzene rings is 1. The molecule has 0 fully saturated rings. The van der Waals surface area contributed by atoms with Gasteiger partial charge in [0.1, 0.15) is 0 Å². The van der Waals surface area contributed by atoms with Gasteiger partial charge in [0.15, 0.2) is 0 Å². The highest BCUT2D eigenvalue weighted by Crippen LogP contribution is 2.46. The van der Waals surface area contributed by atoms with E-state index in [1.54, 1.807) is 11.3 Å². The maximum atomic E-state index is 13.7. The lowest BCUT2D eigenvalue weighted by Gasteiger charge is -2.14. The number of ether oxygens (including phenoxy) is 1. The average Bonchev–Trinajstić information content (AvgIpc) is 3.90. The van der Waals surface area contributed by atoms with Crippen LogP contribution in [0.25, 0.3) is 39.3 Å². The Bertz CT molecular complexity index is 1810. The largest absolute Gasteiger partial charge is 0.381 e. The van der Waals surface area contributed by atoms with E-state index < -0.39 is 0 Å². The Hall–Kier alpha value is -2.62. The van der Waals surface area contributed by atoms with Crippen LogP contribution in [0, 0.1) is 13.8 Å². The summed E-state index contributed by atoms with van der Waals surface area (Å²) < 4.78 is 8.49. The van der Waals surface area contributed by atoms with Crippen molar-refractivity contribution in [3.63, 3.8) is 0 Å². The summed E-state index contributed by atoms with van der Waals surface area (Å²) in [6.07, 6.45) is 14.8. The normalized spacial score (nSPS) is 13.0. The molecule has 1 aliphatic heterocycles. The van der Waals surface area contributed by atoms with Crippen LogP contribution in [0.2, 0.25) is 0 Å². The van der Waals surface area contributed by atoms with Crippen molar-refractivity contribution in [2.45, 2.75) is 97.8 Å².